The number of azide groups is 1. The Labute approximate surface area is 161 Å². The fraction of sp³-hybridized carbons (Fsp3) is 0.500. The molecule has 2 fully saturated rings. The number of hydrogen-bond donors (Lipinski definition) is 2. The molecule has 10 nitrogen and oxygen atoms in total. The molecule has 0 aliphatic carbocycles. The van der Waals surface area contributed by atoms with Crippen LogP contribution >= 0.6 is 0 Å². The molecular weight excluding hydrogens is 366 g/mol. The van der Waals surface area contributed by atoms with E-state index in [1.165, 1.54) is 6.08 Å². The van der Waals surface area contributed by atoms with Crippen molar-refractivity contribution in [3.8, 4) is 0 Å². The van der Waals surface area contributed by atoms with Gasteiger partial charge in [0, 0.05) is 23.7 Å². The summed E-state index contributed by atoms with van der Waals surface area (Å²) < 4.78 is 18.4. The standard InChI is InChI=1S/C18H21N5O5/c19-22-20-8-7-18(11-24)15(26-10-12-4-2-1-3-5-12)14-16(28-18)23-9-6-13(25)21-17(23)27-14/h1-6,9,14-17,24H,7-8,10-11H2,(H,21,25)/t14?,15-,16-,17?,18-/m1/s1. The summed E-state index contributed by atoms with van der Waals surface area (Å²) in [5, 5.41) is 16.5. The predicted octanol–water partition coefficient (Wildman–Crippen LogP) is 0.987. The molecule has 5 atom stereocenters. The lowest BCUT2D eigenvalue weighted by molar-refractivity contribution is -0.180. The van der Waals surface area contributed by atoms with E-state index < -0.39 is 30.4 Å². The summed E-state index contributed by atoms with van der Waals surface area (Å²) in [6, 6.07) is 9.63. The third kappa shape index (κ3) is 3.32. The highest BCUT2D eigenvalue weighted by Crippen LogP contribution is 2.44. The summed E-state index contributed by atoms with van der Waals surface area (Å²) in [6.45, 7) is 0.133. The Balaban J connectivity index is 1.58. The van der Waals surface area contributed by atoms with Crippen LogP contribution in [0.25, 0.3) is 10.4 Å². The van der Waals surface area contributed by atoms with Crippen LogP contribution in [0.5, 0.6) is 0 Å². The first-order valence-electron chi connectivity index (χ1n) is 9.03. The summed E-state index contributed by atoms with van der Waals surface area (Å²) in [4.78, 5) is 16.1. The summed E-state index contributed by atoms with van der Waals surface area (Å²) in [5.41, 5.74) is 8.48. The molecule has 148 valence electrons. The van der Waals surface area contributed by atoms with Crippen molar-refractivity contribution in [2.75, 3.05) is 13.2 Å². The molecule has 28 heavy (non-hydrogen) atoms. The van der Waals surface area contributed by atoms with Crippen LogP contribution in [0.4, 0.5) is 0 Å². The second-order valence-electron chi connectivity index (χ2n) is 6.88. The molecule has 3 heterocycles. The summed E-state index contributed by atoms with van der Waals surface area (Å²) in [7, 11) is 0. The number of carbonyl (C=O) groups is 1. The molecule has 2 saturated heterocycles. The SMILES string of the molecule is [N-]=[N+]=NCC[C@]1(CO)O[C@@H]2C(OC3NC(=O)C=CN32)[C@H]1OCc1ccccc1. The van der Waals surface area contributed by atoms with Gasteiger partial charge in [-0.05, 0) is 17.5 Å². The molecule has 2 N–H and O–H groups in total. The van der Waals surface area contributed by atoms with Gasteiger partial charge in [-0.25, -0.2) is 0 Å². The number of aliphatic hydroxyl groups excluding tert-OH is 1. The Morgan fingerprint density at radius 1 is 1.39 bits per heavy atom. The molecule has 0 aromatic heterocycles. The van der Waals surface area contributed by atoms with E-state index in [0.717, 1.165) is 5.56 Å². The fourth-order valence-electron chi connectivity index (χ4n) is 3.84. The first-order chi connectivity index (χ1) is 13.7. The van der Waals surface area contributed by atoms with Gasteiger partial charge in [0.1, 0.15) is 17.8 Å². The number of amides is 1. The monoisotopic (exact) mass is 387 g/mol. The van der Waals surface area contributed by atoms with Gasteiger partial charge in [-0.1, -0.05) is 35.4 Å². The van der Waals surface area contributed by atoms with Gasteiger partial charge in [-0.3, -0.25) is 4.79 Å². The highest BCUT2D eigenvalue weighted by atomic mass is 16.7. The van der Waals surface area contributed by atoms with Gasteiger partial charge in [-0.15, -0.1) is 0 Å². The first kappa shape index (κ1) is 18.7. The fourth-order valence-corrected chi connectivity index (χ4v) is 3.84. The molecule has 2 unspecified atom stereocenters. The lowest BCUT2D eigenvalue weighted by Crippen LogP contribution is -2.52. The van der Waals surface area contributed by atoms with Crippen molar-refractivity contribution in [2.45, 2.75) is 43.4 Å². The van der Waals surface area contributed by atoms with E-state index in [1.54, 1.807) is 11.1 Å². The van der Waals surface area contributed by atoms with Gasteiger partial charge in [-0.2, -0.15) is 0 Å². The lowest BCUT2D eigenvalue weighted by atomic mass is 9.92. The second kappa shape index (κ2) is 7.78. The van der Waals surface area contributed by atoms with Crippen molar-refractivity contribution in [3.05, 3.63) is 58.6 Å². The van der Waals surface area contributed by atoms with Crippen molar-refractivity contribution in [1.82, 2.24) is 10.2 Å². The van der Waals surface area contributed by atoms with E-state index in [9.17, 15) is 9.90 Å². The molecule has 4 rings (SSSR count). The normalized spacial score (nSPS) is 33.2. The molecule has 3 aliphatic rings. The number of ether oxygens (including phenoxy) is 3. The topological polar surface area (TPSA) is 129 Å². The number of hydrogen-bond acceptors (Lipinski definition) is 7. The molecule has 3 aliphatic heterocycles. The van der Waals surface area contributed by atoms with Crippen molar-refractivity contribution in [3.63, 3.8) is 0 Å². The van der Waals surface area contributed by atoms with E-state index in [0.29, 0.717) is 6.61 Å². The number of nitrogens with one attached hydrogen (secondary N) is 1. The molecule has 0 radical (unpaired) electrons. The molecule has 10 heteroatoms. The number of rotatable bonds is 7. The number of fused-ring (bicyclic) bond motifs is 3. The van der Waals surface area contributed by atoms with Gasteiger partial charge in [0.2, 0.25) is 12.3 Å². The van der Waals surface area contributed by atoms with Crippen LogP contribution in [-0.2, 0) is 25.6 Å². The van der Waals surface area contributed by atoms with Crippen molar-refractivity contribution < 1.29 is 24.1 Å². The smallest absolute Gasteiger partial charge is 0.248 e. The predicted molar refractivity (Wildman–Crippen MR) is 96.1 cm³/mol. The summed E-state index contributed by atoms with van der Waals surface area (Å²) in [5.74, 6) is -0.250. The quantitative estimate of drug-likeness (QED) is 0.408. The minimum Gasteiger partial charge on any atom is -0.393 e. The largest absolute Gasteiger partial charge is 0.393 e. The zero-order chi connectivity index (χ0) is 19.6. The van der Waals surface area contributed by atoms with E-state index in [-0.39, 0.29) is 25.5 Å². The highest BCUT2D eigenvalue weighted by molar-refractivity contribution is 5.88. The minimum atomic E-state index is -1.08. The number of nitrogens with zero attached hydrogens (tertiary/aromatic N) is 4. The van der Waals surface area contributed by atoms with Crippen LogP contribution in [0.1, 0.15) is 12.0 Å². The van der Waals surface area contributed by atoms with Crippen LogP contribution in [-0.4, -0.2) is 59.5 Å². The van der Waals surface area contributed by atoms with Crippen LogP contribution in [0.3, 0.4) is 0 Å². The third-order valence-electron chi connectivity index (χ3n) is 5.21. The third-order valence-corrected chi connectivity index (χ3v) is 5.21. The molecule has 0 bridgehead atoms. The number of carbonyl (C=O) groups excluding carboxylic acids is 1. The zero-order valence-corrected chi connectivity index (χ0v) is 15.0. The molecule has 0 spiro atoms. The van der Waals surface area contributed by atoms with Crippen molar-refractivity contribution >= 4 is 5.91 Å². The maximum absolute atomic E-state index is 11.6. The Bertz CT molecular complexity index is 799. The number of benzene rings is 1. The Kier molecular flexibility index (Phi) is 5.21. The molecule has 0 saturated carbocycles. The Hall–Kier alpha value is -2.62. The summed E-state index contributed by atoms with van der Waals surface area (Å²) in [6.07, 6.45) is 0.943. The summed E-state index contributed by atoms with van der Waals surface area (Å²) >= 11 is 0. The molecular formula is C18H21N5O5. The van der Waals surface area contributed by atoms with E-state index >= 15 is 0 Å². The van der Waals surface area contributed by atoms with Crippen molar-refractivity contribution in [2.24, 2.45) is 5.11 Å². The van der Waals surface area contributed by atoms with E-state index in [4.69, 9.17) is 19.7 Å². The van der Waals surface area contributed by atoms with Gasteiger partial charge < -0.3 is 29.5 Å². The first-order valence-corrected chi connectivity index (χ1v) is 9.03. The maximum Gasteiger partial charge on any atom is 0.248 e. The lowest BCUT2D eigenvalue weighted by Gasteiger charge is -2.36. The Morgan fingerprint density at radius 3 is 2.96 bits per heavy atom. The van der Waals surface area contributed by atoms with Gasteiger partial charge in [0.05, 0.1) is 13.2 Å². The molecule has 1 amide bonds. The zero-order valence-electron chi connectivity index (χ0n) is 15.0. The highest BCUT2D eigenvalue weighted by Gasteiger charge is 2.62. The van der Waals surface area contributed by atoms with Crippen LogP contribution < -0.4 is 5.32 Å². The Morgan fingerprint density at radius 2 is 2.21 bits per heavy atom. The van der Waals surface area contributed by atoms with Crippen LogP contribution in [0, 0.1) is 0 Å². The second-order valence-corrected chi connectivity index (χ2v) is 6.88. The molecule has 1 aromatic rings. The van der Waals surface area contributed by atoms with Crippen molar-refractivity contribution in [1.29, 1.82) is 0 Å². The maximum atomic E-state index is 11.6. The number of aliphatic hydroxyl groups is 1. The minimum absolute atomic E-state index is 0.150. The van der Waals surface area contributed by atoms with Gasteiger partial charge in [0.25, 0.3) is 0 Å². The molecule has 1 aromatic carbocycles. The van der Waals surface area contributed by atoms with E-state index in [1.807, 2.05) is 30.3 Å². The van der Waals surface area contributed by atoms with E-state index in [2.05, 4.69) is 15.3 Å². The average molecular weight is 387 g/mol. The average Bonchev–Trinajstić information content (AvgIpc) is 3.20. The van der Waals surface area contributed by atoms with Crippen LogP contribution in [0.2, 0.25) is 0 Å². The van der Waals surface area contributed by atoms with Gasteiger partial charge in [0.15, 0.2) is 6.23 Å². The van der Waals surface area contributed by atoms with Gasteiger partial charge >= 0.3 is 0 Å². The van der Waals surface area contributed by atoms with Crippen LogP contribution in [0.15, 0.2) is 47.7 Å².